The fraction of sp³-hybridized carbons (Fsp3) is 0.778. The minimum Gasteiger partial charge on any atom is -0.162 e. The first kappa shape index (κ1) is 24.7. The molecule has 0 amide bonds. The van der Waals surface area contributed by atoms with E-state index in [4.69, 9.17) is 22.2 Å². The number of hydrogen-bond donors (Lipinski definition) is 0. The van der Waals surface area contributed by atoms with Crippen molar-refractivity contribution in [1.82, 2.24) is 0 Å². The molecule has 0 atom stereocenters. The van der Waals surface area contributed by atoms with Crippen molar-refractivity contribution in [2.75, 3.05) is 0 Å². The molecule has 0 aliphatic heterocycles. The molecule has 0 saturated carbocycles. The van der Waals surface area contributed by atoms with Crippen LogP contribution >= 0.6 is 22.2 Å². The summed E-state index contributed by atoms with van der Waals surface area (Å²) in [6.07, 6.45) is 5.04. The summed E-state index contributed by atoms with van der Waals surface area (Å²) in [5.41, 5.74) is 5.22. The predicted molar refractivity (Wildman–Crippen MR) is 113 cm³/mol. The molecule has 0 aromatic rings. The monoisotopic (exact) mass is 380 g/mol. The molecule has 132 valence electrons. The second-order valence-corrected chi connectivity index (χ2v) is 18.9. The Kier molecular flexibility index (Phi) is 14.5. The second-order valence-electron chi connectivity index (χ2n) is 6.79. The highest BCUT2D eigenvalue weighted by Crippen LogP contribution is 2.36. The number of hydrogen-bond acceptors (Lipinski definition) is 0. The lowest BCUT2D eigenvalue weighted by Crippen LogP contribution is -2.32. The lowest BCUT2D eigenvalue weighted by atomic mass is 10.4. The Morgan fingerprint density at radius 1 is 0.818 bits per heavy atom. The molecule has 0 bridgehead atoms. The predicted octanol–water partition coefficient (Wildman–Crippen LogP) is 8.21. The van der Waals surface area contributed by atoms with Gasteiger partial charge in [-0.25, -0.2) is 0 Å². The van der Waals surface area contributed by atoms with E-state index in [1.807, 2.05) is 5.70 Å². The SMILES string of the molecule is C=C[Si](Cl)(C(C)C)C(C)C.C=C[Si](Cl)(CCCC)CCCC. The van der Waals surface area contributed by atoms with Crippen molar-refractivity contribution in [1.29, 1.82) is 0 Å². The van der Waals surface area contributed by atoms with Crippen molar-refractivity contribution < 1.29 is 0 Å². The minimum atomic E-state index is -1.64. The highest BCUT2D eigenvalue weighted by atomic mass is 35.6. The number of unbranched alkanes of at least 4 members (excludes halogenated alkanes) is 2. The Hall–Kier alpha value is 0.494. The van der Waals surface area contributed by atoms with Gasteiger partial charge in [-0.3, -0.25) is 0 Å². The van der Waals surface area contributed by atoms with Gasteiger partial charge in [0, 0.05) is 0 Å². The number of halogens is 2. The van der Waals surface area contributed by atoms with E-state index in [1.165, 1.54) is 37.8 Å². The largest absolute Gasteiger partial charge is 0.184 e. The summed E-state index contributed by atoms with van der Waals surface area (Å²) in [6.45, 7) is 20.8. The summed E-state index contributed by atoms with van der Waals surface area (Å²) in [5, 5.41) is 0. The van der Waals surface area contributed by atoms with Gasteiger partial charge in [-0.1, -0.05) is 78.6 Å². The molecule has 0 aromatic heterocycles. The minimum absolute atomic E-state index is 0.590. The van der Waals surface area contributed by atoms with E-state index in [0.29, 0.717) is 11.1 Å². The molecule has 0 aliphatic carbocycles. The molecule has 4 heteroatoms. The zero-order valence-electron chi connectivity index (χ0n) is 15.7. The molecule has 0 saturated heterocycles. The lowest BCUT2D eigenvalue weighted by Gasteiger charge is -2.28. The van der Waals surface area contributed by atoms with E-state index < -0.39 is 14.8 Å². The normalized spacial score (nSPS) is 12.1. The Morgan fingerprint density at radius 2 is 1.18 bits per heavy atom. The van der Waals surface area contributed by atoms with Gasteiger partial charge in [0.05, 0.1) is 0 Å². The molecular weight excluding hydrogens is 343 g/mol. The van der Waals surface area contributed by atoms with Gasteiger partial charge in [0.1, 0.15) is 0 Å². The standard InChI is InChI=1S/C10H21ClSi.C8H17ClSi/c1-4-7-9-12(11,6-3)10-8-5-2;1-6-10(9,7(2)3)8(4)5/h6H,3-5,7-10H2,1-2H3;6-8H,1H2,2-5H3. The van der Waals surface area contributed by atoms with Crippen LogP contribution in [0.2, 0.25) is 23.2 Å². The summed E-state index contributed by atoms with van der Waals surface area (Å²) >= 11 is 12.9. The maximum absolute atomic E-state index is 6.50. The van der Waals surface area contributed by atoms with Gasteiger partial charge in [-0.15, -0.1) is 13.2 Å². The van der Waals surface area contributed by atoms with Crippen LogP contribution in [0.25, 0.3) is 0 Å². The van der Waals surface area contributed by atoms with Gasteiger partial charge < -0.3 is 0 Å². The third kappa shape index (κ3) is 9.59. The first-order chi connectivity index (χ1) is 10.1. The quantitative estimate of drug-likeness (QED) is 0.264. The smallest absolute Gasteiger partial charge is 0.162 e. The van der Waals surface area contributed by atoms with Crippen LogP contribution in [-0.4, -0.2) is 14.8 Å². The summed E-state index contributed by atoms with van der Waals surface area (Å²) < 4.78 is 0. The Balaban J connectivity index is 0. The topological polar surface area (TPSA) is 0 Å². The van der Waals surface area contributed by atoms with Crippen molar-refractivity contribution in [2.24, 2.45) is 0 Å². The van der Waals surface area contributed by atoms with E-state index in [-0.39, 0.29) is 0 Å². The molecule has 0 N–H and O–H groups in total. The van der Waals surface area contributed by atoms with Gasteiger partial charge in [-0.05, 0) is 23.2 Å². The third-order valence-electron chi connectivity index (χ3n) is 4.34. The first-order valence-electron chi connectivity index (χ1n) is 8.78. The van der Waals surface area contributed by atoms with Crippen LogP contribution in [-0.2, 0) is 0 Å². The molecule has 0 aliphatic rings. The Labute approximate surface area is 151 Å². The summed E-state index contributed by atoms with van der Waals surface area (Å²) in [4.78, 5) is 0. The van der Waals surface area contributed by atoms with Crippen molar-refractivity contribution in [2.45, 2.75) is 90.4 Å². The first-order valence-corrected chi connectivity index (χ1v) is 15.5. The van der Waals surface area contributed by atoms with Gasteiger partial charge in [0.15, 0.2) is 14.8 Å². The van der Waals surface area contributed by atoms with Crippen molar-refractivity contribution in [3.05, 3.63) is 24.6 Å². The maximum Gasteiger partial charge on any atom is 0.184 e. The van der Waals surface area contributed by atoms with Crippen LogP contribution in [0.3, 0.4) is 0 Å². The second kappa shape index (κ2) is 12.9. The van der Waals surface area contributed by atoms with Crippen LogP contribution in [0.15, 0.2) is 24.6 Å². The molecule has 0 nitrogen and oxygen atoms in total. The Bertz CT molecular complexity index is 285. The molecule has 0 fully saturated rings. The zero-order chi connectivity index (χ0) is 17.8. The highest BCUT2D eigenvalue weighted by molar-refractivity contribution is 7.24. The van der Waals surface area contributed by atoms with Crippen molar-refractivity contribution in [3.63, 3.8) is 0 Å². The van der Waals surface area contributed by atoms with Gasteiger partial charge in [-0.2, -0.15) is 22.2 Å². The molecule has 0 aromatic carbocycles. The molecular formula is C18H38Cl2Si2. The fourth-order valence-electron chi connectivity index (χ4n) is 2.41. The lowest BCUT2D eigenvalue weighted by molar-refractivity contribution is 0.841. The highest BCUT2D eigenvalue weighted by Gasteiger charge is 2.34. The molecule has 0 radical (unpaired) electrons. The molecule has 0 unspecified atom stereocenters. The number of rotatable bonds is 10. The third-order valence-corrected chi connectivity index (χ3v) is 16.3. The van der Waals surface area contributed by atoms with Gasteiger partial charge >= 0.3 is 0 Å². The van der Waals surface area contributed by atoms with E-state index in [0.717, 1.165) is 0 Å². The van der Waals surface area contributed by atoms with Crippen LogP contribution < -0.4 is 0 Å². The van der Waals surface area contributed by atoms with Crippen LogP contribution in [0, 0.1) is 0 Å². The molecule has 0 spiro atoms. The van der Waals surface area contributed by atoms with Gasteiger partial charge in [0.2, 0.25) is 0 Å². The van der Waals surface area contributed by atoms with Crippen LogP contribution in [0.5, 0.6) is 0 Å². The van der Waals surface area contributed by atoms with E-state index in [9.17, 15) is 0 Å². The van der Waals surface area contributed by atoms with E-state index in [2.05, 4.69) is 60.4 Å². The van der Waals surface area contributed by atoms with Gasteiger partial charge in [0.25, 0.3) is 0 Å². The van der Waals surface area contributed by atoms with Crippen LogP contribution in [0.1, 0.15) is 67.2 Å². The average molecular weight is 382 g/mol. The molecule has 22 heavy (non-hydrogen) atoms. The molecule has 0 rings (SSSR count). The maximum atomic E-state index is 6.50. The fourth-order valence-corrected chi connectivity index (χ4v) is 8.03. The summed E-state index contributed by atoms with van der Waals surface area (Å²) in [5.74, 6) is 0. The van der Waals surface area contributed by atoms with E-state index in [1.54, 1.807) is 0 Å². The van der Waals surface area contributed by atoms with Crippen LogP contribution in [0.4, 0.5) is 0 Å². The Morgan fingerprint density at radius 3 is 1.32 bits per heavy atom. The van der Waals surface area contributed by atoms with Crippen molar-refractivity contribution >= 4 is 36.9 Å². The van der Waals surface area contributed by atoms with Crippen molar-refractivity contribution in [3.8, 4) is 0 Å². The summed E-state index contributed by atoms with van der Waals surface area (Å²) in [6, 6.07) is 2.43. The average Bonchev–Trinajstić information content (AvgIpc) is 2.50. The zero-order valence-corrected chi connectivity index (χ0v) is 19.2. The summed E-state index contributed by atoms with van der Waals surface area (Å²) in [7, 11) is -3.17. The molecule has 0 heterocycles. The van der Waals surface area contributed by atoms with E-state index >= 15 is 0 Å².